The molecular formula is C17H24Cl2N2O2. The third-order valence-electron chi connectivity index (χ3n) is 4.27. The number of benzene rings is 1. The van der Waals surface area contributed by atoms with Crippen LogP contribution >= 0.6 is 23.2 Å². The van der Waals surface area contributed by atoms with E-state index in [9.17, 15) is 4.79 Å². The maximum atomic E-state index is 12.5. The minimum Gasteiger partial charge on any atom is -0.479 e. The fraction of sp³-hybridized carbons (Fsp3) is 0.588. The minimum absolute atomic E-state index is 0.0167. The quantitative estimate of drug-likeness (QED) is 0.844. The largest absolute Gasteiger partial charge is 0.479 e. The van der Waals surface area contributed by atoms with Crippen molar-refractivity contribution in [2.45, 2.75) is 32.3 Å². The van der Waals surface area contributed by atoms with Crippen molar-refractivity contribution in [1.82, 2.24) is 10.2 Å². The van der Waals surface area contributed by atoms with Crippen molar-refractivity contribution in [3.63, 3.8) is 0 Å². The molecule has 6 heteroatoms. The van der Waals surface area contributed by atoms with Gasteiger partial charge in [-0.05, 0) is 63.9 Å². The summed E-state index contributed by atoms with van der Waals surface area (Å²) in [6.45, 7) is 4.40. The average Bonchev–Trinajstić information content (AvgIpc) is 2.55. The van der Waals surface area contributed by atoms with Gasteiger partial charge < -0.3 is 15.0 Å². The number of nitrogens with one attached hydrogen (secondary N) is 1. The molecule has 1 unspecified atom stereocenters. The summed E-state index contributed by atoms with van der Waals surface area (Å²) in [6.07, 6.45) is 2.73. The lowest BCUT2D eigenvalue weighted by atomic mass is 9.93. The van der Waals surface area contributed by atoms with E-state index in [1.807, 2.05) is 11.9 Å². The molecule has 128 valence electrons. The highest BCUT2D eigenvalue weighted by atomic mass is 35.5. The van der Waals surface area contributed by atoms with Gasteiger partial charge in [-0.1, -0.05) is 23.2 Å². The highest BCUT2D eigenvalue weighted by molar-refractivity contribution is 6.35. The SMILES string of the molecule is CNCCC1CCN(C(=O)C(C)Oc2ccc(Cl)cc2Cl)CC1. The zero-order valence-electron chi connectivity index (χ0n) is 13.6. The lowest BCUT2D eigenvalue weighted by molar-refractivity contribution is -0.139. The van der Waals surface area contributed by atoms with Gasteiger partial charge in [0.2, 0.25) is 0 Å². The van der Waals surface area contributed by atoms with E-state index < -0.39 is 6.10 Å². The Labute approximate surface area is 148 Å². The molecular weight excluding hydrogens is 335 g/mol. The normalized spacial score (nSPS) is 17.1. The Bertz CT molecular complexity index is 531. The molecule has 0 radical (unpaired) electrons. The number of carbonyl (C=O) groups is 1. The van der Waals surface area contributed by atoms with Crippen LogP contribution in [0.1, 0.15) is 26.2 Å². The Hall–Kier alpha value is -0.970. The molecule has 1 N–H and O–H groups in total. The second kappa shape index (κ2) is 8.76. The van der Waals surface area contributed by atoms with Gasteiger partial charge in [0.1, 0.15) is 5.75 Å². The molecule has 1 amide bonds. The highest BCUT2D eigenvalue weighted by Gasteiger charge is 2.27. The summed E-state index contributed by atoms with van der Waals surface area (Å²) in [4.78, 5) is 14.4. The molecule has 1 aliphatic heterocycles. The van der Waals surface area contributed by atoms with Crippen molar-refractivity contribution in [2.24, 2.45) is 5.92 Å². The van der Waals surface area contributed by atoms with Crippen molar-refractivity contribution in [3.05, 3.63) is 28.2 Å². The van der Waals surface area contributed by atoms with Crippen molar-refractivity contribution >= 4 is 29.1 Å². The molecule has 1 aliphatic rings. The molecule has 0 aromatic heterocycles. The predicted molar refractivity (Wildman–Crippen MR) is 94.4 cm³/mol. The van der Waals surface area contributed by atoms with Crippen LogP contribution in [-0.4, -0.2) is 43.6 Å². The summed E-state index contributed by atoms with van der Waals surface area (Å²) >= 11 is 12.0. The Balaban J connectivity index is 1.85. The smallest absolute Gasteiger partial charge is 0.263 e. The number of likely N-dealkylation sites (tertiary alicyclic amines) is 1. The lowest BCUT2D eigenvalue weighted by Crippen LogP contribution is -2.45. The number of hydrogen-bond donors (Lipinski definition) is 1. The van der Waals surface area contributed by atoms with Gasteiger partial charge in [0.15, 0.2) is 6.10 Å². The molecule has 0 spiro atoms. The number of piperidine rings is 1. The summed E-state index contributed by atoms with van der Waals surface area (Å²) in [5.74, 6) is 1.21. The Kier molecular flexibility index (Phi) is 7.00. The second-order valence-electron chi connectivity index (χ2n) is 6.00. The molecule has 1 fully saturated rings. The topological polar surface area (TPSA) is 41.6 Å². The number of rotatable bonds is 6. The van der Waals surface area contributed by atoms with Gasteiger partial charge in [0.25, 0.3) is 5.91 Å². The third-order valence-corrected chi connectivity index (χ3v) is 4.80. The monoisotopic (exact) mass is 358 g/mol. The van der Waals surface area contributed by atoms with E-state index in [0.29, 0.717) is 21.7 Å². The fourth-order valence-electron chi connectivity index (χ4n) is 2.86. The van der Waals surface area contributed by atoms with Gasteiger partial charge in [-0.25, -0.2) is 0 Å². The van der Waals surface area contributed by atoms with Gasteiger partial charge in [-0.3, -0.25) is 4.79 Å². The molecule has 1 aromatic carbocycles. The predicted octanol–water partition coefficient (Wildman–Crippen LogP) is 3.61. The third kappa shape index (κ3) is 5.27. The number of carbonyl (C=O) groups excluding carboxylic acids is 1. The van der Waals surface area contributed by atoms with E-state index in [4.69, 9.17) is 27.9 Å². The molecule has 0 aliphatic carbocycles. The Morgan fingerprint density at radius 1 is 1.39 bits per heavy atom. The number of nitrogens with zero attached hydrogens (tertiary/aromatic N) is 1. The highest BCUT2D eigenvalue weighted by Crippen LogP contribution is 2.29. The summed E-state index contributed by atoms with van der Waals surface area (Å²) in [7, 11) is 1.97. The van der Waals surface area contributed by atoms with Crippen molar-refractivity contribution in [1.29, 1.82) is 0 Å². The molecule has 23 heavy (non-hydrogen) atoms. The zero-order chi connectivity index (χ0) is 16.8. The van der Waals surface area contributed by atoms with Gasteiger partial charge in [0, 0.05) is 18.1 Å². The van der Waals surface area contributed by atoms with Crippen molar-refractivity contribution in [2.75, 3.05) is 26.7 Å². The molecule has 1 saturated heterocycles. The maximum Gasteiger partial charge on any atom is 0.263 e. The van der Waals surface area contributed by atoms with Crippen LogP contribution in [-0.2, 0) is 4.79 Å². The van der Waals surface area contributed by atoms with Crippen molar-refractivity contribution in [3.8, 4) is 5.75 Å². The van der Waals surface area contributed by atoms with E-state index in [2.05, 4.69) is 5.32 Å². The maximum absolute atomic E-state index is 12.5. The molecule has 1 atom stereocenters. The average molecular weight is 359 g/mol. The summed E-state index contributed by atoms with van der Waals surface area (Å²) in [5, 5.41) is 4.15. The van der Waals surface area contributed by atoms with Crippen LogP contribution in [0.3, 0.4) is 0 Å². The van der Waals surface area contributed by atoms with E-state index in [0.717, 1.165) is 32.5 Å². The van der Waals surface area contributed by atoms with E-state index >= 15 is 0 Å². The fourth-order valence-corrected chi connectivity index (χ4v) is 3.31. The minimum atomic E-state index is -0.553. The van der Waals surface area contributed by atoms with Crippen LogP contribution < -0.4 is 10.1 Å². The molecule has 1 aromatic rings. The van der Waals surface area contributed by atoms with E-state index in [-0.39, 0.29) is 5.91 Å². The van der Waals surface area contributed by atoms with Crippen LogP contribution in [0.15, 0.2) is 18.2 Å². The van der Waals surface area contributed by atoms with Crippen LogP contribution in [0.4, 0.5) is 0 Å². The Morgan fingerprint density at radius 3 is 2.70 bits per heavy atom. The number of halogens is 2. The number of amides is 1. The van der Waals surface area contributed by atoms with Crippen LogP contribution in [0.25, 0.3) is 0 Å². The van der Waals surface area contributed by atoms with Gasteiger partial charge in [-0.2, -0.15) is 0 Å². The standard InChI is InChI=1S/C17H24Cl2N2O2/c1-12(23-16-4-3-14(18)11-15(16)19)17(22)21-9-6-13(7-10-21)5-8-20-2/h3-4,11-13,20H,5-10H2,1-2H3. The summed E-state index contributed by atoms with van der Waals surface area (Å²) in [6, 6.07) is 5.01. The van der Waals surface area contributed by atoms with Gasteiger partial charge in [0.05, 0.1) is 5.02 Å². The summed E-state index contributed by atoms with van der Waals surface area (Å²) in [5.41, 5.74) is 0. The first-order valence-electron chi connectivity index (χ1n) is 8.06. The second-order valence-corrected chi connectivity index (χ2v) is 6.84. The van der Waals surface area contributed by atoms with Crippen LogP contribution in [0.5, 0.6) is 5.75 Å². The first kappa shape index (κ1) is 18.4. The lowest BCUT2D eigenvalue weighted by Gasteiger charge is -2.33. The van der Waals surface area contributed by atoms with E-state index in [1.54, 1.807) is 25.1 Å². The summed E-state index contributed by atoms with van der Waals surface area (Å²) < 4.78 is 5.72. The molecule has 0 saturated carbocycles. The zero-order valence-corrected chi connectivity index (χ0v) is 15.2. The Morgan fingerprint density at radius 2 is 2.09 bits per heavy atom. The molecule has 4 nitrogen and oxygen atoms in total. The number of hydrogen-bond acceptors (Lipinski definition) is 3. The van der Waals surface area contributed by atoms with Crippen molar-refractivity contribution < 1.29 is 9.53 Å². The first-order chi connectivity index (χ1) is 11.0. The first-order valence-corrected chi connectivity index (χ1v) is 8.82. The number of ether oxygens (including phenoxy) is 1. The van der Waals surface area contributed by atoms with Gasteiger partial charge >= 0.3 is 0 Å². The molecule has 0 bridgehead atoms. The van der Waals surface area contributed by atoms with E-state index in [1.165, 1.54) is 6.42 Å². The molecule has 1 heterocycles. The van der Waals surface area contributed by atoms with Crippen LogP contribution in [0, 0.1) is 5.92 Å². The molecule has 2 rings (SSSR count). The van der Waals surface area contributed by atoms with Gasteiger partial charge in [-0.15, -0.1) is 0 Å². The van der Waals surface area contributed by atoms with Crippen LogP contribution in [0.2, 0.25) is 10.0 Å².